The normalized spacial score (nSPS) is 10.6. The lowest BCUT2D eigenvalue weighted by molar-refractivity contribution is 0.474. The summed E-state index contributed by atoms with van der Waals surface area (Å²) in [6.07, 6.45) is 3.11. The number of ether oxygens (including phenoxy) is 1. The standard InChI is InChI=1S/C15H10ClNO2/c16-11-2-5-12(6-3-11)19-13-4-1-10-8-17-9-15(18)14(10)7-13/h1-9,18H. The Bertz CT molecular complexity index is 726. The molecule has 94 valence electrons. The SMILES string of the molecule is Oc1cncc2ccc(Oc3ccc(Cl)cc3)cc12. The van der Waals surface area contributed by atoms with Crippen molar-refractivity contribution >= 4 is 22.4 Å². The third kappa shape index (κ3) is 2.46. The van der Waals surface area contributed by atoms with Crippen LogP contribution in [0.5, 0.6) is 17.2 Å². The zero-order valence-electron chi connectivity index (χ0n) is 9.88. The molecule has 2 aromatic carbocycles. The lowest BCUT2D eigenvalue weighted by atomic mass is 10.1. The van der Waals surface area contributed by atoms with Gasteiger partial charge >= 0.3 is 0 Å². The Kier molecular flexibility index (Phi) is 2.97. The zero-order chi connectivity index (χ0) is 13.2. The van der Waals surface area contributed by atoms with Crippen LogP contribution in [0.4, 0.5) is 0 Å². The summed E-state index contributed by atoms with van der Waals surface area (Å²) in [6, 6.07) is 12.6. The summed E-state index contributed by atoms with van der Waals surface area (Å²) >= 11 is 5.82. The van der Waals surface area contributed by atoms with Crippen molar-refractivity contribution in [3.8, 4) is 17.2 Å². The predicted octanol–water partition coefficient (Wildman–Crippen LogP) is 4.39. The Hall–Kier alpha value is -2.26. The van der Waals surface area contributed by atoms with Gasteiger partial charge in [0.05, 0.1) is 6.20 Å². The molecule has 3 nitrogen and oxygen atoms in total. The van der Waals surface area contributed by atoms with Crippen LogP contribution in [0.15, 0.2) is 54.9 Å². The van der Waals surface area contributed by atoms with Gasteiger partial charge in [0.2, 0.25) is 0 Å². The molecule has 0 unspecified atom stereocenters. The third-order valence-corrected chi connectivity index (χ3v) is 3.01. The Morgan fingerprint density at radius 3 is 2.47 bits per heavy atom. The second kappa shape index (κ2) is 4.78. The molecule has 1 N–H and O–H groups in total. The summed E-state index contributed by atoms with van der Waals surface area (Å²) in [5.41, 5.74) is 0. The molecular weight excluding hydrogens is 262 g/mol. The zero-order valence-corrected chi connectivity index (χ0v) is 10.6. The maximum Gasteiger partial charge on any atom is 0.141 e. The lowest BCUT2D eigenvalue weighted by Gasteiger charge is -2.07. The smallest absolute Gasteiger partial charge is 0.141 e. The highest BCUT2D eigenvalue weighted by molar-refractivity contribution is 6.30. The third-order valence-electron chi connectivity index (χ3n) is 2.76. The van der Waals surface area contributed by atoms with E-state index in [0.717, 1.165) is 5.39 Å². The van der Waals surface area contributed by atoms with Crippen molar-refractivity contribution in [1.29, 1.82) is 0 Å². The molecule has 0 spiro atoms. The average molecular weight is 272 g/mol. The van der Waals surface area contributed by atoms with Crippen LogP contribution in [0, 0.1) is 0 Å². The monoisotopic (exact) mass is 271 g/mol. The van der Waals surface area contributed by atoms with Gasteiger partial charge in [-0.1, -0.05) is 11.6 Å². The molecule has 3 aromatic rings. The van der Waals surface area contributed by atoms with Gasteiger partial charge in [-0.25, -0.2) is 0 Å². The molecule has 19 heavy (non-hydrogen) atoms. The minimum absolute atomic E-state index is 0.138. The highest BCUT2D eigenvalue weighted by Crippen LogP contribution is 2.30. The number of aromatic nitrogens is 1. The second-order valence-electron chi connectivity index (χ2n) is 4.10. The van der Waals surface area contributed by atoms with Crippen LogP contribution in [-0.4, -0.2) is 10.1 Å². The fraction of sp³-hybridized carbons (Fsp3) is 0. The van der Waals surface area contributed by atoms with E-state index in [1.807, 2.05) is 12.1 Å². The van der Waals surface area contributed by atoms with Crippen molar-refractivity contribution < 1.29 is 9.84 Å². The Morgan fingerprint density at radius 2 is 1.68 bits per heavy atom. The Labute approximate surface area is 115 Å². The highest BCUT2D eigenvalue weighted by atomic mass is 35.5. The van der Waals surface area contributed by atoms with Crippen LogP contribution in [-0.2, 0) is 0 Å². The lowest BCUT2D eigenvalue weighted by Crippen LogP contribution is -1.85. The molecule has 0 bridgehead atoms. The number of rotatable bonds is 2. The van der Waals surface area contributed by atoms with Crippen molar-refractivity contribution in [2.75, 3.05) is 0 Å². The van der Waals surface area contributed by atoms with Crippen molar-refractivity contribution in [2.24, 2.45) is 0 Å². The van der Waals surface area contributed by atoms with Crippen LogP contribution < -0.4 is 4.74 Å². The number of halogens is 1. The first-order valence-electron chi connectivity index (χ1n) is 5.72. The van der Waals surface area contributed by atoms with E-state index in [4.69, 9.17) is 16.3 Å². The first-order chi connectivity index (χ1) is 9.22. The Balaban J connectivity index is 1.97. The summed E-state index contributed by atoms with van der Waals surface area (Å²) in [5, 5.41) is 12.0. The van der Waals surface area contributed by atoms with E-state index in [2.05, 4.69) is 4.98 Å². The van der Waals surface area contributed by atoms with Gasteiger partial charge in [-0.05, 0) is 42.5 Å². The van der Waals surface area contributed by atoms with Crippen LogP contribution >= 0.6 is 11.6 Å². The molecule has 0 aliphatic heterocycles. The van der Waals surface area contributed by atoms with E-state index in [1.54, 1.807) is 36.5 Å². The number of hydrogen-bond donors (Lipinski definition) is 1. The number of hydrogen-bond acceptors (Lipinski definition) is 3. The van der Waals surface area contributed by atoms with E-state index in [9.17, 15) is 5.11 Å². The minimum Gasteiger partial charge on any atom is -0.506 e. The van der Waals surface area contributed by atoms with Gasteiger partial charge in [-0.15, -0.1) is 0 Å². The van der Waals surface area contributed by atoms with E-state index in [1.165, 1.54) is 6.20 Å². The van der Waals surface area contributed by atoms with Crippen LogP contribution in [0.2, 0.25) is 5.02 Å². The van der Waals surface area contributed by atoms with Crippen molar-refractivity contribution in [1.82, 2.24) is 4.98 Å². The summed E-state index contributed by atoms with van der Waals surface area (Å²) in [4.78, 5) is 3.93. The quantitative estimate of drug-likeness (QED) is 0.752. The summed E-state index contributed by atoms with van der Waals surface area (Å²) in [6.45, 7) is 0. The number of nitrogens with zero attached hydrogens (tertiary/aromatic N) is 1. The van der Waals surface area contributed by atoms with Gasteiger partial charge in [0, 0.05) is 22.0 Å². The van der Waals surface area contributed by atoms with Gasteiger partial charge in [-0.3, -0.25) is 4.98 Å². The van der Waals surface area contributed by atoms with E-state index in [0.29, 0.717) is 21.9 Å². The number of benzene rings is 2. The molecule has 0 atom stereocenters. The average Bonchev–Trinajstić information content (AvgIpc) is 2.42. The fourth-order valence-corrected chi connectivity index (χ4v) is 1.96. The number of pyridine rings is 1. The number of fused-ring (bicyclic) bond motifs is 1. The molecule has 0 amide bonds. The number of aromatic hydroxyl groups is 1. The molecule has 0 saturated heterocycles. The summed E-state index contributed by atoms with van der Waals surface area (Å²) < 4.78 is 5.71. The van der Waals surface area contributed by atoms with E-state index < -0.39 is 0 Å². The van der Waals surface area contributed by atoms with E-state index in [-0.39, 0.29) is 5.75 Å². The molecule has 1 heterocycles. The molecular formula is C15H10ClNO2. The fourth-order valence-electron chi connectivity index (χ4n) is 1.83. The molecule has 0 saturated carbocycles. The van der Waals surface area contributed by atoms with Gasteiger partial charge in [-0.2, -0.15) is 0 Å². The maximum absolute atomic E-state index is 9.76. The van der Waals surface area contributed by atoms with Gasteiger partial charge in [0.15, 0.2) is 0 Å². The van der Waals surface area contributed by atoms with E-state index >= 15 is 0 Å². The van der Waals surface area contributed by atoms with Crippen molar-refractivity contribution in [2.45, 2.75) is 0 Å². The molecule has 0 aliphatic carbocycles. The second-order valence-corrected chi connectivity index (χ2v) is 4.53. The largest absolute Gasteiger partial charge is 0.506 e. The molecule has 0 radical (unpaired) electrons. The molecule has 1 aromatic heterocycles. The maximum atomic E-state index is 9.76. The summed E-state index contributed by atoms with van der Waals surface area (Å²) in [5.74, 6) is 1.48. The minimum atomic E-state index is 0.138. The predicted molar refractivity (Wildman–Crippen MR) is 74.9 cm³/mol. The molecule has 3 rings (SSSR count). The van der Waals surface area contributed by atoms with Gasteiger partial charge in [0.1, 0.15) is 17.2 Å². The Morgan fingerprint density at radius 1 is 0.947 bits per heavy atom. The molecule has 4 heteroatoms. The molecule has 0 fully saturated rings. The first-order valence-corrected chi connectivity index (χ1v) is 6.10. The van der Waals surface area contributed by atoms with Crippen LogP contribution in [0.25, 0.3) is 10.8 Å². The highest BCUT2D eigenvalue weighted by Gasteiger charge is 2.03. The van der Waals surface area contributed by atoms with Crippen LogP contribution in [0.1, 0.15) is 0 Å². The molecule has 0 aliphatic rings. The first kappa shape index (κ1) is 11.8. The van der Waals surface area contributed by atoms with Crippen molar-refractivity contribution in [3.63, 3.8) is 0 Å². The summed E-state index contributed by atoms with van der Waals surface area (Å²) in [7, 11) is 0. The van der Waals surface area contributed by atoms with Crippen LogP contribution in [0.3, 0.4) is 0 Å². The van der Waals surface area contributed by atoms with Gasteiger partial charge in [0.25, 0.3) is 0 Å². The van der Waals surface area contributed by atoms with Gasteiger partial charge < -0.3 is 9.84 Å². The van der Waals surface area contributed by atoms with Crippen molar-refractivity contribution in [3.05, 3.63) is 59.9 Å². The topological polar surface area (TPSA) is 42.4 Å².